The van der Waals surface area contributed by atoms with Crippen LogP contribution in [0.25, 0.3) is 0 Å². The van der Waals surface area contributed by atoms with Crippen molar-refractivity contribution in [2.45, 2.75) is 25.9 Å². The Morgan fingerprint density at radius 3 is 2.62 bits per heavy atom. The molecule has 16 heavy (non-hydrogen) atoms. The van der Waals surface area contributed by atoms with Crippen molar-refractivity contribution in [3.63, 3.8) is 0 Å². The van der Waals surface area contributed by atoms with E-state index in [9.17, 15) is 14.7 Å². The second-order valence-corrected chi connectivity index (χ2v) is 4.21. The summed E-state index contributed by atoms with van der Waals surface area (Å²) in [6.45, 7) is 2.04. The summed E-state index contributed by atoms with van der Waals surface area (Å²) in [5.41, 5.74) is 0. The highest BCUT2D eigenvalue weighted by Crippen LogP contribution is 2.08. The molecule has 0 amide bonds. The highest BCUT2D eigenvalue weighted by Gasteiger charge is 2.11. The van der Waals surface area contributed by atoms with E-state index in [1.165, 1.54) is 18.9 Å². The van der Waals surface area contributed by atoms with Crippen LogP contribution >= 0.6 is 11.8 Å². The molecule has 0 radical (unpaired) electrons. The van der Waals surface area contributed by atoms with Crippen molar-refractivity contribution in [2.75, 3.05) is 25.2 Å². The van der Waals surface area contributed by atoms with Crippen LogP contribution in [0.5, 0.6) is 0 Å². The topological polar surface area (TPSA) is 72.8 Å². The van der Waals surface area contributed by atoms with Gasteiger partial charge in [-0.25, -0.2) is 0 Å². The fourth-order valence-electron chi connectivity index (χ4n) is 0.948. The number of aliphatic hydroxyl groups is 1. The van der Waals surface area contributed by atoms with Gasteiger partial charge in [0.25, 0.3) is 0 Å². The molecule has 0 saturated carbocycles. The molecule has 0 aliphatic heterocycles. The maximum Gasteiger partial charge on any atom is 0.308 e. The number of thioether (sulfide) groups is 1. The van der Waals surface area contributed by atoms with Crippen molar-refractivity contribution in [3.8, 4) is 0 Å². The van der Waals surface area contributed by atoms with Gasteiger partial charge in [-0.2, -0.15) is 11.8 Å². The lowest BCUT2D eigenvalue weighted by Crippen LogP contribution is -2.18. The van der Waals surface area contributed by atoms with E-state index in [2.05, 4.69) is 4.74 Å². The first-order valence-electron chi connectivity index (χ1n) is 5.08. The molecule has 0 aromatic rings. The number of hydrogen-bond acceptors (Lipinski definition) is 6. The molecule has 1 atom stereocenters. The second kappa shape index (κ2) is 9.47. The summed E-state index contributed by atoms with van der Waals surface area (Å²) < 4.78 is 9.16. The molecule has 0 saturated heterocycles. The summed E-state index contributed by atoms with van der Waals surface area (Å²) in [7, 11) is 1.34. The van der Waals surface area contributed by atoms with Gasteiger partial charge in [0.05, 0.1) is 32.7 Å². The third kappa shape index (κ3) is 8.55. The standard InChI is InChI=1S/C10H18O5S/c1-3-15-10(13)6-8(11)7-16-5-4-9(12)14-2/h8,11H,3-7H2,1-2H3. The van der Waals surface area contributed by atoms with E-state index in [0.717, 1.165) is 0 Å². The van der Waals surface area contributed by atoms with Crippen molar-refractivity contribution >= 4 is 23.7 Å². The number of hydrogen-bond donors (Lipinski definition) is 1. The highest BCUT2D eigenvalue weighted by atomic mass is 32.2. The Morgan fingerprint density at radius 1 is 1.38 bits per heavy atom. The zero-order valence-electron chi connectivity index (χ0n) is 9.60. The molecule has 0 aromatic carbocycles. The largest absolute Gasteiger partial charge is 0.469 e. The summed E-state index contributed by atoms with van der Waals surface area (Å²) >= 11 is 1.41. The van der Waals surface area contributed by atoms with Crippen LogP contribution in [0.15, 0.2) is 0 Å². The van der Waals surface area contributed by atoms with Gasteiger partial charge in [-0.3, -0.25) is 9.59 Å². The highest BCUT2D eigenvalue weighted by molar-refractivity contribution is 7.99. The smallest absolute Gasteiger partial charge is 0.308 e. The normalized spacial score (nSPS) is 11.9. The monoisotopic (exact) mass is 250 g/mol. The van der Waals surface area contributed by atoms with Crippen molar-refractivity contribution in [1.82, 2.24) is 0 Å². The zero-order valence-corrected chi connectivity index (χ0v) is 10.4. The molecular weight excluding hydrogens is 232 g/mol. The molecule has 6 heteroatoms. The van der Waals surface area contributed by atoms with Crippen LogP contribution in [0.3, 0.4) is 0 Å². The minimum absolute atomic E-state index is 0.000928. The number of carbonyl (C=O) groups excluding carboxylic acids is 2. The molecule has 0 bridgehead atoms. The molecule has 0 aromatic heterocycles. The van der Waals surface area contributed by atoms with Crippen molar-refractivity contribution in [1.29, 1.82) is 0 Å². The van der Waals surface area contributed by atoms with E-state index >= 15 is 0 Å². The molecule has 0 aliphatic rings. The van der Waals surface area contributed by atoms with Gasteiger partial charge in [-0.1, -0.05) is 0 Å². The third-order valence-corrected chi connectivity index (χ3v) is 2.81. The number of esters is 2. The van der Waals surface area contributed by atoms with Crippen LogP contribution < -0.4 is 0 Å². The van der Waals surface area contributed by atoms with Gasteiger partial charge in [0.1, 0.15) is 0 Å². The molecule has 0 spiro atoms. The van der Waals surface area contributed by atoms with Gasteiger partial charge in [0, 0.05) is 11.5 Å². The second-order valence-electron chi connectivity index (χ2n) is 3.06. The molecule has 1 N–H and O–H groups in total. The number of carbonyl (C=O) groups is 2. The quantitative estimate of drug-likeness (QED) is 0.502. The van der Waals surface area contributed by atoms with Crippen LogP contribution in [0.2, 0.25) is 0 Å². The van der Waals surface area contributed by atoms with Crippen LogP contribution in [-0.4, -0.2) is 48.4 Å². The SMILES string of the molecule is CCOC(=O)CC(O)CSCCC(=O)OC. The van der Waals surface area contributed by atoms with E-state index in [-0.39, 0.29) is 12.4 Å². The maximum absolute atomic E-state index is 11.0. The van der Waals surface area contributed by atoms with Crippen molar-refractivity contribution < 1.29 is 24.2 Å². The van der Waals surface area contributed by atoms with Crippen LogP contribution in [0.4, 0.5) is 0 Å². The first-order chi connectivity index (χ1) is 7.60. The van der Waals surface area contributed by atoms with Crippen molar-refractivity contribution in [2.24, 2.45) is 0 Å². The van der Waals surface area contributed by atoms with Crippen LogP contribution in [0.1, 0.15) is 19.8 Å². The number of rotatable bonds is 8. The average molecular weight is 250 g/mol. The Kier molecular flexibility index (Phi) is 9.03. The van der Waals surface area contributed by atoms with Gasteiger partial charge in [0.2, 0.25) is 0 Å². The van der Waals surface area contributed by atoms with Crippen molar-refractivity contribution in [3.05, 3.63) is 0 Å². The molecule has 5 nitrogen and oxygen atoms in total. The Labute approximate surface area is 99.5 Å². The lowest BCUT2D eigenvalue weighted by atomic mass is 10.3. The molecule has 1 unspecified atom stereocenters. The van der Waals surface area contributed by atoms with Gasteiger partial charge < -0.3 is 14.6 Å². The summed E-state index contributed by atoms with van der Waals surface area (Å²) in [4.78, 5) is 21.7. The van der Waals surface area contributed by atoms with E-state index in [1.54, 1.807) is 6.92 Å². The summed E-state index contributed by atoms with van der Waals surface area (Å²) in [5.74, 6) is 0.318. The van der Waals surface area contributed by atoms with Gasteiger partial charge >= 0.3 is 11.9 Å². The van der Waals surface area contributed by atoms with Gasteiger partial charge in [-0.15, -0.1) is 0 Å². The zero-order chi connectivity index (χ0) is 12.4. The Bertz CT molecular complexity index is 219. The fourth-order valence-corrected chi connectivity index (χ4v) is 1.82. The Hall–Kier alpha value is -0.750. The third-order valence-electron chi connectivity index (χ3n) is 1.70. The lowest BCUT2D eigenvalue weighted by molar-refractivity contribution is -0.145. The Morgan fingerprint density at radius 2 is 2.06 bits per heavy atom. The summed E-state index contributed by atoms with van der Waals surface area (Å²) in [5, 5.41) is 9.43. The van der Waals surface area contributed by atoms with E-state index in [4.69, 9.17) is 4.74 Å². The predicted molar refractivity (Wildman–Crippen MR) is 61.2 cm³/mol. The molecule has 0 heterocycles. The Balaban J connectivity index is 3.46. The molecular formula is C10H18O5S. The van der Waals surface area contributed by atoms with E-state index < -0.39 is 12.1 Å². The first kappa shape index (κ1) is 15.2. The van der Waals surface area contributed by atoms with E-state index in [0.29, 0.717) is 24.5 Å². The van der Waals surface area contributed by atoms with Gasteiger partial charge in [0.15, 0.2) is 0 Å². The van der Waals surface area contributed by atoms with E-state index in [1.807, 2.05) is 0 Å². The molecule has 0 fully saturated rings. The predicted octanol–water partition coefficient (Wildman–Crippen LogP) is 0.597. The van der Waals surface area contributed by atoms with Crippen LogP contribution in [0, 0.1) is 0 Å². The summed E-state index contributed by atoms with van der Waals surface area (Å²) in [6, 6.07) is 0. The molecule has 94 valence electrons. The fraction of sp³-hybridized carbons (Fsp3) is 0.800. The maximum atomic E-state index is 11.0. The lowest BCUT2D eigenvalue weighted by Gasteiger charge is -2.08. The van der Waals surface area contributed by atoms with Crippen LogP contribution in [-0.2, 0) is 19.1 Å². The minimum Gasteiger partial charge on any atom is -0.469 e. The number of ether oxygens (including phenoxy) is 2. The molecule has 0 rings (SSSR count). The molecule has 0 aliphatic carbocycles. The van der Waals surface area contributed by atoms with Gasteiger partial charge in [-0.05, 0) is 6.92 Å². The minimum atomic E-state index is -0.721. The first-order valence-corrected chi connectivity index (χ1v) is 6.23. The number of methoxy groups -OCH3 is 1. The average Bonchev–Trinajstić information content (AvgIpc) is 2.24. The summed E-state index contributed by atoms with van der Waals surface area (Å²) in [6.07, 6.45) is -0.409. The number of aliphatic hydroxyl groups excluding tert-OH is 1.